The van der Waals surface area contributed by atoms with Gasteiger partial charge in [-0.15, -0.1) is 0 Å². The van der Waals surface area contributed by atoms with Crippen LogP contribution in [-0.4, -0.2) is 62.0 Å². The van der Waals surface area contributed by atoms with Gasteiger partial charge >= 0.3 is 6.03 Å². The Morgan fingerprint density at radius 3 is 2.58 bits per heavy atom. The Kier molecular flexibility index (Phi) is 6.43. The number of benzene rings is 1. The maximum atomic E-state index is 12.2. The van der Waals surface area contributed by atoms with Crippen LogP contribution in [0.2, 0.25) is 0 Å². The molecule has 0 spiro atoms. The first kappa shape index (κ1) is 19.6. The number of ether oxygens (including phenoxy) is 2. The summed E-state index contributed by atoms with van der Waals surface area (Å²) in [6.45, 7) is 2.20. The third-order valence-corrected chi connectivity index (χ3v) is 4.30. The standard InChI is InChI=1S/C18H25N3O5/c1-12(14-10-13(25-3)7-8-15(14)26-4)19-16(22)6-5-9-21-17(23)11-20(2)18(21)24/h7-8,10,12H,5-6,9,11H2,1-4H3,(H,19,22)/t12-/m1/s1. The molecule has 2 rings (SSSR count). The Balaban J connectivity index is 1.88. The summed E-state index contributed by atoms with van der Waals surface area (Å²) in [5.74, 6) is 0.953. The molecule has 1 heterocycles. The summed E-state index contributed by atoms with van der Waals surface area (Å²) in [5, 5.41) is 2.91. The Hall–Kier alpha value is -2.77. The molecule has 0 bridgehead atoms. The van der Waals surface area contributed by atoms with E-state index in [-0.39, 0.29) is 43.4 Å². The van der Waals surface area contributed by atoms with E-state index in [9.17, 15) is 14.4 Å². The van der Waals surface area contributed by atoms with Crippen molar-refractivity contribution in [3.63, 3.8) is 0 Å². The molecule has 1 atom stereocenters. The summed E-state index contributed by atoms with van der Waals surface area (Å²) in [7, 11) is 4.73. The predicted molar refractivity (Wildman–Crippen MR) is 95.1 cm³/mol. The normalized spacial score (nSPS) is 15.2. The summed E-state index contributed by atoms with van der Waals surface area (Å²) < 4.78 is 10.6. The number of carbonyl (C=O) groups is 3. The van der Waals surface area contributed by atoms with Crippen molar-refractivity contribution in [3.8, 4) is 11.5 Å². The van der Waals surface area contributed by atoms with Crippen molar-refractivity contribution in [2.75, 3.05) is 34.4 Å². The molecule has 1 aliphatic heterocycles. The quantitative estimate of drug-likeness (QED) is 0.708. The fourth-order valence-corrected chi connectivity index (χ4v) is 2.86. The maximum Gasteiger partial charge on any atom is 0.326 e. The number of nitrogens with one attached hydrogen (secondary N) is 1. The van der Waals surface area contributed by atoms with Crippen LogP contribution in [0.4, 0.5) is 4.79 Å². The zero-order chi connectivity index (χ0) is 19.3. The minimum absolute atomic E-state index is 0.0949. The Bertz CT molecular complexity index is 691. The van der Waals surface area contributed by atoms with Gasteiger partial charge in [-0.2, -0.15) is 0 Å². The number of likely N-dealkylation sites (N-methyl/N-ethyl adjacent to an activating group) is 1. The minimum Gasteiger partial charge on any atom is -0.497 e. The van der Waals surface area contributed by atoms with E-state index >= 15 is 0 Å². The molecule has 0 saturated carbocycles. The van der Waals surface area contributed by atoms with Crippen molar-refractivity contribution >= 4 is 17.8 Å². The van der Waals surface area contributed by atoms with Crippen LogP contribution >= 0.6 is 0 Å². The van der Waals surface area contributed by atoms with Crippen molar-refractivity contribution in [2.45, 2.75) is 25.8 Å². The zero-order valence-corrected chi connectivity index (χ0v) is 15.6. The SMILES string of the molecule is COc1ccc(OC)c([C@@H](C)NC(=O)CCCN2C(=O)CN(C)C2=O)c1. The molecule has 142 valence electrons. The van der Waals surface area contributed by atoms with Crippen LogP contribution in [0.25, 0.3) is 0 Å². The average molecular weight is 363 g/mol. The third kappa shape index (κ3) is 4.44. The van der Waals surface area contributed by atoms with Crippen molar-refractivity contribution in [1.29, 1.82) is 0 Å². The van der Waals surface area contributed by atoms with E-state index in [4.69, 9.17) is 9.47 Å². The van der Waals surface area contributed by atoms with Crippen LogP contribution in [0.15, 0.2) is 18.2 Å². The Morgan fingerprint density at radius 2 is 2.00 bits per heavy atom. The molecule has 0 aromatic heterocycles. The lowest BCUT2D eigenvalue weighted by atomic mass is 10.1. The lowest BCUT2D eigenvalue weighted by Crippen LogP contribution is -2.33. The van der Waals surface area contributed by atoms with Gasteiger partial charge in [0.2, 0.25) is 11.8 Å². The highest BCUT2D eigenvalue weighted by Crippen LogP contribution is 2.29. The fraction of sp³-hybridized carbons (Fsp3) is 0.500. The number of rotatable bonds is 8. The van der Waals surface area contributed by atoms with Crippen molar-refractivity contribution in [3.05, 3.63) is 23.8 Å². The molecule has 1 fully saturated rings. The van der Waals surface area contributed by atoms with Gasteiger partial charge in [0.05, 0.1) is 20.3 Å². The molecule has 1 saturated heterocycles. The number of nitrogens with zero attached hydrogens (tertiary/aromatic N) is 2. The number of imide groups is 1. The van der Waals surface area contributed by atoms with Crippen LogP contribution in [0.3, 0.4) is 0 Å². The van der Waals surface area contributed by atoms with Crippen LogP contribution in [0.1, 0.15) is 31.4 Å². The molecule has 1 aromatic rings. The zero-order valence-electron chi connectivity index (χ0n) is 15.6. The fourth-order valence-electron chi connectivity index (χ4n) is 2.86. The van der Waals surface area contributed by atoms with E-state index in [0.29, 0.717) is 17.9 Å². The summed E-state index contributed by atoms with van der Waals surface area (Å²) in [6, 6.07) is 4.82. The van der Waals surface area contributed by atoms with E-state index in [0.717, 1.165) is 5.56 Å². The molecule has 1 aromatic carbocycles. The lowest BCUT2D eigenvalue weighted by Gasteiger charge is -2.19. The molecule has 0 aliphatic carbocycles. The second-order valence-corrected chi connectivity index (χ2v) is 6.18. The van der Waals surface area contributed by atoms with E-state index < -0.39 is 0 Å². The highest BCUT2D eigenvalue weighted by molar-refractivity contribution is 6.01. The van der Waals surface area contributed by atoms with Gasteiger partial charge in [0.1, 0.15) is 18.0 Å². The molecule has 26 heavy (non-hydrogen) atoms. The third-order valence-electron chi connectivity index (χ3n) is 4.30. The molecule has 4 amide bonds. The Morgan fingerprint density at radius 1 is 1.27 bits per heavy atom. The second-order valence-electron chi connectivity index (χ2n) is 6.18. The van der Waals surface area contributed by atoms with E-state index in [1.807, 2.05) is 13.0 Å². The van der Waals surface area contributed by atoms with Crippen LogP contribution in [0.5, 0.6) is 11.5 Å². The summed E-state index contributed by atoms with van der Waals surface area (Å²) in [6.07, 6.45) is 0.635. The number of hydrogen-bond acceptors (Lipinski definition) is 5. The number of urea groups is 1. The monoisotopic (exact) mass is 363 g/mol. The van der Waals surface area contributed by atoms with Crippen molar-refractivity contribution in [2.24, 2.45) is 0 Å². The smallest absolute Gasteiger partial charge is 0.326 e. The van der Waals surface area contributed by atoms with Crippen LogP contribution in [-0.2, 0) is 9.59 Å². The molecular weight excluding hydrogens is 338 g/mol. The molecular formula is C18H25N3O5. The highest BCUT2D eigenvalue weighted by atomic mass is 16.5. The first-order valence-corrected chi connectivity index (χ1v) is 8.44. The molecule has 8 nitrogen and oxygen atoms in total. The first-order chi connectivity index (χ1) is 12.4. The number of methoxy groups -OCH3 is 2. The van der Waals surface area contributed by atoms with Gasteiger partial charge in [0, 0.05) is 25.6 Å². The molecule has 1 N–H and O–H groups in total. The maximum absolute atomic E-state index is 12.2. The molecule has 8 heteroatoms. The lowest BCUT2D eigenvalue weighted by molar-refractivity contribution is -0.126. The number of amides is 4. The van der Waals surface area contributed by atoms with Gasteiger partial charge < -0.3 is 19.7 Å². The second kappa shape index (κ2) is 8.55. The number of hydrogen-bond donors (Lipinski definition) is 1. The molecule has 0 unspecified atom stereocenters. The molecule has 0 radical (unpaired) electrons. The topological polar surface area (TPSA) is 88.2 Å². The summed E-state index contributed by atoms with van der Waals surface area (Å²) in [4.78, 5) is 38.2. The van der Waals surface area contributed by atoms with Gasteiger partial charge in [0.15, 0.2) is 0 Å². The van der Waals surface area contributed by atoms with Crippen LogP contribution in [0, 0.1) is 0 Å². The minimum atomic E-state index is -0.315. The Labute approximate surface area is 153 Å². The van der Waals surface area contributed by atoms with Gasteiger partial charge in [-0.3, -0.25) is 14.5 Å². The van der Waals surface area contributed by atoms with Gasteiger partial charge in [-0.1, -0.05) is 0 Å². The predicted octanol–water partition coefficient (Wildman–Crippen LogP) is 1.56. The highest BCUT2D eigenvalue weighted by Gasteiger charge is 2.32. The average Bonchev–Trinajstić information content (AvgIpc) is 2.87. The van der Waals surface area contributed by atoms with Gasteiger partial charge in [0.25, 0.3) is 0 Å². The van der Waals surface area contributed by atoms with E-state index in [1.54, 1.807) is 33.4 Å². The summed E-state index contributed by atoms with van der Waals surface area (Å²) >= 11 is 0. The van der Waals surface area contributed by atoms with Gasteiger partial charge in [-0.25, -0.2) is 4.79 Å². The summed E-state index contributed by atoms with van der Waals surface area (Å²) in [5.41, 5.74) is 0.812. The van der Waals surface area contributed by atoms with Crippen LogP contribution < -0.4 is 14.8 Å². The number of carbonyl (C=O) groups excluding carboxylic acids is 3. The van der Waals surface area contributed by atoms with Crippen molar-refractivity contribution in [1.82, 2.24) is 15.1 Å². The van der Waals surface area contributed by atoms with E-state index in [2.05, 4.69) is 5.32 Å². The molecule has 1 aliphatic rings. The van der Waals surface area contributed by atoms with E-state index in [1.165, 1.54) is 9.80 Å². The first-order valence-electron chi connectivity index (χ1n) is 8.44. The largest absolute Gasteiger partial charge is 0.497 e. The van der Waals surface area contributed by atoms with Gasteiger partial charge in [-0.05, 0) is 31.5 Å². The van der Waals surface area contributed by atoms with Crippen molar-refractivity contribution < 1.29 is 23.9 Å².